The van der Waals surface area contributed by atoms with Crippen molar-refractivity contribution in [1.29, 1.82) is 0 Å². The molecule has 28 heavy (non-hydrogen) atoms. The van der Waals surface area contributed by atoms with Gasteiger partial charge in [-0.3, -0.25) is 18.7 Å². The van der Waals surface area contributed by atoms with Crippen molar-refractivity contribution < 1.29 is 4.79 Å². The van der Waals surface area contributed by atoms with Crippen LogP contribution in [-0.4, -0.2) is 31.1 Å². The Labute approximate surface area is 162 Å². The molecule has 0 saturated carbocycles. The predicted octanol–water partition coefficient (Wildman–Crippen LogP) is 0.974. The summed E-state index contributed by atoms with van der Waals surface area (Å²) in [6.07, 6.45) is 2.91. The van der Waals surface area contributed by atoms with Gasteiger partial charge < -0.3 is 9.88 Å². The average Bonchev–Trinajstić information content (AvgIpc) is 3.08. The first-order chi connectivity index (χ1) is 13.4. The first-order valence-corrected chi connectivity index (χ1v) is 9.39. The predicted molar refractivity (Wildman–Crippen MR) is 107 cm³/mol. The van der Waals surface area contributed by atoms with Gasteiger partial charge in [-0.15, -0.1) is 0 Å². The summed E-state index contributed by atoms with van der Waals surface area (Å²) in [7, 11) is 1.44. The van der Waals surface area contributed by atoms with Crippen molar-refractivity contribution in [2.45, 2.75) is 39.8 Å². The Hall–Kier alpha value is -3.16. The summed E-state index contributed by atoms with van der Waals surface area (Å²) < 4.78 is 4.04. The maximum Gasteiger partial charge on any atom is 0.332 e. The normalized spacial score (nSPS) is 11.1. The molecule has 2 heterocycles. The van der Waals surface area contributed by atoms with Gasteiger partial charge in [-0.2, -0.15) is 0 Å². The largest absolute Gasteiger partial charge is 0.354 e. The maximum absolute atomic E-state index is 12.6. The van der Waals surface area contributed by atoms with Crippen LogP contribution in [0.1, 0.15) is 24.5 Å². The number of carbonyl (C=O) groups is 1. The number of nitrogens with one attached hydrogen (secondary N) is 1. The highest BCUT2D eigenvalue weighted by atomic mass is 16.2. The zero-order valence-corrected chi connectivity index (χ0v) is 16.4. The van der Waals surface area contributed by atoms with E-state index >= 15 is 0 Å². The van der Waals surface area contributed by atoms with E-state index in [2.05, 4.69) is 10.3 Å². The summed E-state index contributed by atoms with van der Waals surface area (Å²) in [6, 6.07) is 8.17. The summed E-state index contributed by atoms with van der Waals surface area (Å²) >= 11 is 0. The van der Waals surface area contributed by atoms with E-state index in [0.29, 0.717) is 18.7 Å². The van der Waals surface area contributed by atoms with Crippen molar-refractivity contribution in [1.82, 2.24) is 24.0 Å². The number of carbonyl (C=O) groups excluding carboxylic acids is 1. The molecular weight excluding hydrogens is 358 g/mol. The Balaban J connectivity index is 1.75. The van der Waals surface area contributed by atoms with E-state index in [0.717, 1.165) is 23.0 Å². The van der Waals surface area contributed by atoms with Gasteiger partial charge in [0, 0.05) is 20.1 Å². The molecule has 1 amide bonds. The minimum absolute atomic E-state index is 0.0238. The van der Waals surface area contributed by atoms with E-state index in [9.17, 15) is 14.4 Å². The van der Waals surface area contributed by atoms with Crippen LogP contribution in [0, 0.1) is 6.92 Å². The number of nitrogens with zero attached hydrogens (tertiary/aromatic N) is 4. The molecule has 148 valence electrons. The second kappa shape index (κ2) is 8.24. The van der Waals surface area contributed by atoms with E-state index in [1.807, 2.05) is 38.1 Å². The van der Waals surface area contributed by atoms with Crippen molar-refractivity contribution in [3.8, 4) is 0 Å². The molecule has 0 fully saturated rings. The summed E-state index contributed by atoms with van der Waals surface area (Å²) in [5, 5.41) is 2.87. The molecule has 0 aliphatic rings. The molecule has 0 bridgehead atoms. The lowest BCUT2D eigenvalue weighted by atomic mass is 10.1. The molecule has 3 aromatic rings. The van der Waals surface area contributed by atoms with Gasteiger partial charge in [0.2, 0.25) is 5.91 Å². The zero-order chi connectivity index (χ0) is 20.3. The smallest absolute Gasteiger partial charge is 0.332 e. The fourth-order valence-corrected chi connectivity index (χ4v) is 3.16. The van der Waals surface area contributed by atoms with Gasteiger partial charge in [0.25, 0.3) is 5.56 Å². The summed E-state index contributed by atoms with van der Waals surface area (Å²) in [5.74, 6) is -0.207. The zero-order valence-electron chi connectivity index (χ0n) is 16.4. The molecule has 1 N–H and O–H groups in total. The highest BCUT2D eigenvalue weighted by Crippen LogP contribution is 2.07. The third-order valence-electron chi connectivity index (χ3n) is 4.72. The number of hydrogen-bond donors (Lipinski definition) is 1. The third-order valence-corrected chi connectivity index (χ3v) is 4.72. The molecule has 0 aliphatic carbocycles. The minimum Gasteiger partial charge on any atom is -0.354 e. The molecule has 1 aromatic carbocycles. The Morgan fingerprint density at radius 2 is 1.89 bits per heavy atom. The first-order valence-electron chi connectivity index (χ1n) is 9.39. The molecule has 3 rings (SSSR count). The van der Waals surface area contributed by atoms with E-state index in [4.69, 9.17) is 0 Å². The number of rotatable bonds is 7. The summed E-state index contributed by atoms with van der Waals surface area (Å²) in [5.41, 5.74) is 2.09. The fourth-order valence-electron chi connectivity index (χ4n) is 3.16. The number of fused-ring (bicyclic) bond motifs is 1. The first kappa shape index (κ1) is 19.6. The third kappa shape index (κ3) is 3.90. The van der Waals surface area contributed by atoms with Gasteiger partial charge in [-0.1, -0.05) is 36.8 Å². The van der Waals surface area contributed by atoms with Crippen LogP contribution in [0.5, 0.6) is 0 Å². The Kier molecular flexibility index (Phi) is 5.77. The van der Waals surface area contributed by atoms with Gasteiger partial charge in [-0.25, -0.2) is 9.78 Å². The standard InChI is InChI=1S/C20H25N5O3/c1-4-11-25-18-17(19(27)23(3)20(25)28)24(13-22-18)12-16(26)21-10-9-15-7-5-14(2)6-8-15/h5-8,13H,4,9-12H2,1-3H3,(H,21,26). The van der Waals surface area contributed by atoms with Crippen molar-refractivity contribution in [2.75, 3.05) is 6.54 Å². The second-order valence-corrected chi connectivity index (χ2v) is 6.93. The second-order valence-electron chi connectivity index (χ2n) is 6.93. The number of imidazole rings is 1. The summed E-state index contributed by atoms with van der Waals surface area (Å²) in [4.78, 5) is 41.4. The molecule has 0 spiro atoms. The molecule has 8 nitrogen and oxygen atoms in total. The van der Waals surface area contributed by atoms with E-state index in [1.54, 1.807) is 0 Å². The van der Waals surface area contributed by atoms with E-state index in [1.165, 1.54) is 28.1 Å². The van der Waals surface area contributed by atoms with Crippen LogP contribution in [0.4, 0.5) is 0 Å². The number of hydrogen-bond acceptors (Lipinski definition) is 4. The van der Waals surface area contributed by atoms with Crippen LogP contribution in [0.15, 0.2) is 40.2 Å². The van der Waals surface area contributed by atoms with Crippen molar-refractivity contribution in [3.05, 3.63) is 62.6 Å². The van der Waals surface area contributed by atoms with Crippen LogP contribution < -0.4 is 16.6 Å². The van der Waals surface area contributed by atoms with Gasteiger partial charge in [-0.05, 0) is 25.3 Å². The number of benzene rings is 1. The molecule has 0 unspecified atom stereocenters. The monoisotopic (exact) mass is 383 g/mol. The van der Waals surface area contributed by atoms with Gasteiger partial charge in [0.15, 0.2) is 11.2 Å². The van der Waals surface area contributed by atoms with Crippen LogP contribution in [-0.2, 0) is 31.4 Å². The minimum atomic E-state index is -0.447. The SMILES string of the molecule is CCCn1c(=O)n(C)c(=O)c2c1ncn2CC(=O)NCCc1ccc(C)cc1. The highest BCUT2D eigenvalue weighted by Gasteiger charge is 2.17. The van der Waals surface area contributed by atoms with Crippen molar-refractivity contribution in [2.24, 2.45) is 7.05 Å². The lowest BCUT2D eigenvalue weighted by Gasteiger charge is -2.09. The lowest BCUT2D eigenvalue weighted by molar-refractivity contribution is -0.121. The number of aromatic nitrogens is 4. The Bertz CT molecular complexity index is 1110. The summed E-state index contributed by atoms with van der Waals surface area (Å²) in [6.45, 7) is 4.92. The molecule has 8 heteroatoms. The topological polar surface area (TPSA) is 90.9 Å². The fraction of sp³-hybridized carbons (Fsp3) is 0.400. The number of amides is 1. The molecule has 0 radical (unpaired) electrons. The van der Waals surface area contributed by atoms with Crippen molar-refractivity contribution >= 4 is 17.1 Å². The Morgan fingerprint density at radius 3 is 2.57 bits per heavy atom. The van der Waals surface area contributed by atoms with Gasteiger partial charge in [0.1, 0.15) is 6.54 Å². The Morgan fingerprint density at radius 1 is 1.18 bits per heavy atom. The molecular formula is C20H25N5O3. The van der Waals surface area contributed by atoms with Crippen LogP contribution in [0.25, 0.3) is 11.2 Å². The molecule has 0 aliphatic heterocycles. The van der Waals surface area contributed by atoms with Crippen LogP contribution in [0.2, 0.25) is 0 Å². The maximum atomic E-state index is 12.6. The van der Waals surface area contributed by atoms with E-state index < -0.39 is 11.2 Å². The molecule has 0 atom stereocenters. The quantitative estimate of drug-likeness (QED) is 0.658. The molecule has 0 saturated heterocycles. The highest BCUT2D eigenvalue weighted by molar-refractivity contribution is 5.78. The van der Waals surface area contributed by atoms with Gasteiger partial charge in [0.05, 0.1) is 6.33 Å². The van der Waals surface area contributed by atoms with Gasteiger partial charge >= 0.3 is 5.69 Å². The van der Waals surface area contributed by atoms with E-state index in [-0.39, 0.29) is 18.0 Å². The van der Waals surface area contributed by atoms with Crippen molar-refractivity contribution in [3.63, 3.8) is 0 Å². The molecule has 2 aromatic heterocycles. The number of aryl methyl sites for hydroxylation is 2. The van der Waals surface area contributed by atoms with Crippen LogP contribution >= 0.6 is 0 Å². The average molecular weight is 383 g/mol. The van der Waals surface area contributed by atoms with Crippen LogP contribution in [0.3, 0.4) is 0 Å². The lowest BCUT2D eigenvalue weighted by Crippen LogP contribution is -2.39.